The maximum absolute atomic E-state index is 12.2. The molecular weight excluding hydrogens is 244 g/mol. The Morgan fingerprint density at radius 1 is 1.32 bits per heavy atom. The summed E-state index contributed by atoms with van der Waals surface area (Å²) < 4.78 is 0. The molecule has 1 fully saturated rings. The highest BCUT2D eigenvalue weighted by Gasteiger charge is 2.32. The average Bonchev–Trinajstić information content (AvgIpc) is 3.10. The molecule has 0 spiro atoms. The smallest absolute Gasteiger partial charge is 0.249 e. The first-order chi connectivity index (χ1) is 9.34. The van der Waals surface area contributed by atoms with Crippen LogP contribution in [0.25, 0.3) is 0 Å². The highest BCUT2D eigenvalue weighted by Crippen LogP contribution is 2.22. The zero-order chi connectivity index (χ0) is 13.1. The molecule has 1 amide bonds. The summed E-state index contributed by atoms with van der Waals surface area (Å²) in [4.78, 5) is 29.4. The summed E-state index contributed by atoms with van der Waals surface area (Å²) in [6.45, 7) is 0.792. The molecule has 2 aromatic heterocycles. The second kappa shape index (κ2) is 5.05. The lowest BCUT2D eigenvalue weighted by Gasteiger charge is -2.23. The number of rotatable bonds is 3. The molecule has 0 aromatic carbocycles. The number of carbonyl (C=O) groups excluding carboxylic acids is 1. The number of hydrogen-bond acceptors (Lipinski definition) is 5. The van der Waals surface area contributed by atoms with E-state index in [2.05, 4.69) is 25.3 Å². The van der Waals surface area contributed by atoms with E-state index < -0.39 is 0 Å². The molecule has 2 aromatic rings. The van der Waals surface area contributed by atoms with Crippen LogP contribution >= 0.6 is 0 Å². The van der Waals surface area contributed by atoms with Crippen LogP contribution < -0.4 is 10.2 Å². The Kier molecular flexibility index (Phi) is 3.09. The lowest BCUT2D eigenvalue weighted by Crippen LogP contribution is -2.40. The number of aromatic amines is 1. The molecule has 3 rings (SSSR count). The van der Waals surface area contributed by atoms with Crippen molar-refractivity contribution >= 4 is 17.8 Å². The zero-order valence-corrected chi connectivity index (χ0v) is 10.3. The molecule has 1 unspecified atom stereocenters. The summed E-state index contributed by atoms with van der Waals surface area (Å²) in [6, 6.07) is 1.52. The number of hydrogen-bond donors (Lipinski definition) is 2. The van der Waals surface area contributed by atoms with Gasteiger partial charge in [0, 0.05) is 31.3 Å². The first-order valence-corrected chi connectivity index (χ1v) is 6.18. The maximum atomic E-state index is 12.2. The van der Waals surface area contributed by atoms with Gasteiger partial charge < -0.3 is 9.88 Å². The van der Waals surface area contributed by atoms with Crippen LogP contribution in [-0.2, 0) is 4.79 Å². The van der Waals surface area contributed by atoms with Crippen LogP contribution in [0.2, 0.25) is 0 Å². The number of nitrogens with zero attached hydrogens (tertiary/aromatic N) is 4. The largest absolute Gasteiger partial charge is 0.331 e. The molecule has 2 N–H and O–H groups in total. The standard InChI is InChI=1S/C12H14N6O/c19-10(17-11-13-6-7-14-11)9-3-1-8-18(9)12-15-4-2-5-16-12/h2,4-7,9H,1,3,8H2,(H2,13,14,17,19). The maximum Gasteiger partial charge on any atom is 0.249 e. The van der Waals surface area contributed by atoms with E-state index in [1.54, 1.807) is 30.9 Å². The summed E-state index contributed by atoms with van der Waals surface area (Å²) in [5, 5.41) is 2.76. The van der Waals surface area contributed by atoms with Crippen molar-refractivity contribution in [3.63, 3.8) is 0 Å². The molecule has 7 heteroatoms. The summed E-state index contributed by atoms with van der Waals surface area (Å²) >= 11 is 0. The van der Waals surface area contributed by atoms with Crippen molar-refractivity contribution in [1.29, 1.82) is 0 Å². The highest BCUT2D eigenvalue weighted by atomic mass is 16.2. The topological polar surface area (TPSA) is 86.8 Å². The van der Waals surface area contributed by atoms with E-state index >= 15 is 0 Å². The number of anilines is 2. The van der Waals surface area contributed by atoms with Crippen molar-refractivity contribution in [3.8, 4) is 0 Å². The molecule has 0 bridgehead atoms. The van der Waals surface area contributed by atoms with Crippen LogP contribution in [-0.4, -0.2) is 38.4 Å². The Hall–Kier alpha value is -2.44. The molecule has 0 aliphatic carbocycles. The van der Waals surface area contributed by atoms with E-state index in [9.17, 15) is 4.79 Å². The fourth-order valence-electron chi connectivity index (χ4n) is 2.25. The number of aromatic nitrogens is 4. The summed E-state index contributed by atoms with van der Waals surface area (Å²) in [7, 11) is 0. The summed E-state index contributed by atoms with van der Waals surface area (Å²) in [5.41, 5.74) is 0. The Morgan fingerprint density at radius 3 is 2.89 bits per heavy atom. The van der Waals surface area contributed by atoms with E-state index in [1.165, 1.54) is 0 Å². The van der Waals surface area contributed by atoms with Crippen molar-refractivity contribution in [1.82, 2.24) is 19.9 Å². The van der Waals surface area contributed by atoms with Crippen LogP contribution in [0, 0.1) is 0 Å². The van der Waals surface area contributed by atoms with E-state index in [0.717, 1.165) is 19.4 Å². The highest BCUT2D eigenvalue weighted by molar-refractivity contribution is 5.95. The third-order valence-corrected chi connectivity index (χ3v) is 3.10. The molecule has 1 saturated heterocycles. The fraction of sp³-hybridized carbons (Fsp3) is 0.333. The second-order valence-electron chi connectivity index (χ2n) is 4.33. The van der Waals surface area contributed by atoms with Gasteiger partial charge in [-0.2, -0.15) is 0 Å². The van der Waals surface area contributed by atoms with Gasteiger partial charge in [-0.25, -0.2) is 15.0 Å². The monoisotopic (exact) mass is 258 g/mol. The van der Waals surface area contributed by atoms with Crippen molar-refractivity contribution in [2.75, 3.05) is 16.8 Å². The lowest BCUT2D eigenvalue weighted by atomic mass is 10.2. The molecule has 1 atom stereocenters. The normalized spacial score (nSPS) is 18.5. The number of nitrogens with one attached hydrogen (secondary N) is 2. The molecule has 7 nitrogen and oxygen atoms in total. The first-order valence-electron chi connectivity index (χ1n) is 6.18. The molecule has 0 saturated carbocycles. The molecule has 98 valence electrons. The molecule has 0 radical (unpaired) electrons. The molecule has 19 heavy (non-hydrogen) atoms. The van der Waals surface area contributed by atoms with Crippen molar-refractivity contribution in [2.24, 2.45) is 0 Å². The van der Waals surface area contributed by atoms with Crippen molar-refractivity contribution in [2.45, 2.75) is 18.9 Å². The van der Waals surface area contributed by atoms with Crippen LogP contribution in [0.15, 0.2) is 30.9 Å². The predicted octanol–water partition coefficient (Wildman–Crippen LogP) is 0.807. The number of imidazole rings is 1. The quantitative estimate of drug-likeness (QED) is 0.850. The van der Waals surface area contributed by atoms with Crippen LogP contribution in [0.1, 0.15) is 12.8 Å². The minimum atomic E-state index is -0.243. The second-order valence-corrected chi connectivity index (χ2v) is 4.33. The van der Waals surface area contributed by atoms with Gasteiger partial charge in [-0.3, -0.25) is 10.1 Å². The minimum absolute atomic E-state index is 0.0834. The fourth-order valence-corrected chi connectivity index (χ4v) is 2.25. The van der Waals surface area contributed by atoms with Gasteiger partial charge in [0.05, 0.1) is 0 Å². The lowest BCUT2D eigenvalue weighted by molar-refractivity contribution is -0.117. The number of H-pyrrole nitrogens is 1. The Labute approximate surface area is 110 Å². The van der Waals surface area contributed by atoms with Gasteiger partial charge in [-0.05, 0) is 18.9 Å². The Morgan fingerprint density at radius 2 is 2.16 bits per heavy atom. The van der Waals surface area contributed by atoms with Crippen LogP contribution in [0.5, 0.6) is 0 Å². The summed E-state index contributed by atoms with van der Waals surface area (Å²) in [6.07, 6.45) is 8.38. The third-order valence-electron chi connectivity index (χ3n) is 3.10. The van der Waals surface area contributed by atoms with Crippen molar-refractivity contribution in [3.05, 3.63) is 30.9 Å². The molecule has 3 heterocycles. The zero-order valence-electron chi connectivity index (χ0n) is 10.3. The van der Waals surface area contributed by atoms with Gasteiger partial charge in [-0.15, -0.1) is 0 Å². The van der Waals surface area contributed by atoms with E-state index in [4.69, 9.17) is 0 Å². The van der Waals surface area contributed by atoms with E-state index in [1.807, 2.05) is 4.90 Å². The Balaban J connectivity index is 1.74. The van der Waals surface area contributed by atoms with Gasteiger partial charge in [0.2, 0.25) is 17.8 Å². The third kappa shape index (κ3) is 2.40. The molecule has 1 aliphatic heterocycles. The number of carbonyl (C=O) groups is 1. The van der Waals surface area contributed by atoms with Gasteiger partial charge in [0.25, 0.3) is 0 Å². The Bertz CT molecular complexity index is 541. The van der Waals surface area contributed by atoms with Gasteiger partial charge in [0.1, 0.15) is 6.04 Å². The van der Waals surface area contributed by atoms with Gasteiger partial charge in [-0.1, -0.05) is 0 Å². The molecular formula is C12H14N6O. The van der Waals surface area contributed by atoms with Gasteiger partial charge >= 0.3 is 0 Å². The van der Waals surface area contributed by atoms with Crippen LogP contribution in [0.3, 0.4) is 0 Å². The van der Waals surface area contributed by atoms with E-state index in [-0.39, 0.29) is 11.9 Å². The first kappa shape index (κ1) is 11.6. The minimum Gasteiger partial charge on any atom is -0.331 e. The molecule has 1 aliphatic rings. The van der Waals surface area contributed by atoms with Crippen LogP contribution in [0.4, 0.5) is 11.9 Å². The predicted molar refractivity (Wildman–Crippen MR) is 69.6 cm³/mol. The number of amides is 1. The summed E-state index contributed by atoms with van der Waals surface area (Å²) in [5.74, 6) is 0.977. The van der Waals surface area contributed by atoms with Gasteiger partial charge in [0.15, 0.2) is 0 Å². The van der Waals surface area contributed by atoms with Crippen molar-refractivity contribution < 1.29 is 4.79 Å². The van der Waals surface area contributed by atoms with E-state index in [0.29, 0.717) is 11.9 Å². The SMILES string of the molecule is O=C(Nc1ncc[nH]1)C1CCCN1c1ncccn1. The average molecular weight is 258 g/mol.